The lowest BCUT2D eigenvalue weighted by molar-refractivity contribution is -0.135. The number of hydrogen-bond donors (Lipinski definition) is 2. The molecule has 1 aromatic rings. The fourth-order valence-corrected chi connectivity index (χ4v) is 3.62. The Balaban J connectivity index is 1.96. The van der Waals surface area contributed by atoms with Gasteiger partial charge in [-0.2, -0.15) is 0 Å². The van der Waals surface area contributed by atoms with E-state index in [9.17, 15) is 14.7 Å². The second kappa shape index (κ2) is 9.57. The summed E-state index contributed by atoms with van der Waals surface area (Å²) < 4.78 is 0. The summed E-state index contributed by atoms with van der Waals surface area (Å²) in [6.07, 6.45) is 1.92. The van der Waals surface area contributed by atoms with E-state index >= 15 is 0 Å². The van der Waals surface area contributed by atoms with Gasteiger partial charge in [0.25, 0.3) is 0 Å². The van der Waals surface area contributed by atoms with Gasteiger partial charge < -0.3 is 15.3 Å². The summed E-state index contributed by atoms with van der Waals surface area (Å²) in [6.45, 7) is 9.10. The molecule has 1 aromatic carbocycles. The Hall–Kier alpha value is -2.08. The number of amides is 2. The molecule has 1 aliphatic rings. The number of carbonyl (C=O) groups excluding carboxylic acids is 2. The van der Waals surface area contributed by atoms with Crippen LogP contribution in [0.1, 0.15) is 39.2 Å². The number of aromatic hydroxyl groups is 1. The lowest BCUT2D eigenvalue weighted by Crippen LogP contribution is -2.45. The van der Waals surface area contributed by atoms with Gasteiger partial charge in [-0.25, -0.2) is 0 Å². The van der Waals surface area contributed by atoms with Crippen molar-refractivity contribution >= 4 is 11.8 Å². The fourth-order valence-electron chi connectivity index (χ4n) is 3.62. The lowest BCUT2D eigenvalue weighted by atomic mass is 10.1. The molecule has 0 bridgehead atoms. The minimum absolute atomic E-state index is 0.00400. The molecule has 26 heavy (non-hydrogen) atoms. The van der Waals surface area contributed by atoms with Gasteiger partial charge in [-0.15, -0.1) is 0 Å². The van der Waals surface area contributed by atoms with Crippen LogP contribution in [0.4, 0.5) is 0 Å². The Bertz CT molecular complexity index is 599. The number of likely N-dealkylation sites (tertiary alicyclic amines) is 1. The molecule has 6 nitrogen and oxygen atoms in total. The van der Waals surface area contributed by atoms with Crippen molar-refractivity contribution in [2.24, 2.45) is 0 Å². The first-order valence-electron chi connectivity index (χ1n) is 9.58. The highest BCUT2D eigenvalue weighted by atomic mass is 16.3. The third-order valence-electron chi connectivity index (χ3n) is 4.94. The summed E-state index contributed by atoms with van der Waals surface area (Å²) in [5.74, 6) is 0.310. The number of nitrogens with one attached hydrogen (secondary N) is 1. The molecule has 6 heteroatoms. The van der Waals surface area contributed by atoms with Crippen molar-refractivity contribution in [2.75, 3.05) is 26.2 Å². The van der Waals surface area contributed by atoms with Gasteiger partial charge in [0.15, 0.2) is 0 Å². The number of phenolic OH excluding ortho intramolecular Hbond substituents is 1. The Morgan fingerprint density at radius 2 is 1.85 bits per heavy atom. The van der Waals surface area contributed by atoms with Crippen molar-refractivity contribution in [3.05, 3.63) is 29.8 Å². The van der Waals surface area contributed by atoms with Gasteiger partial charge >= 0.3 is 0 Å². The van der Waals surface area contributed by atoms with Crippen molar-refractivity contribution in [3.8, 4) is 5.75 Å². The Kier molecular flexibility index (Phi) is 7.45. The molecular formula is C20H31N3O3. The molecule has 0 spiro atoms. The minimum atomic E-state index is -0.145. The van der Waals surface area contributed by atoms with E-state index in [1.54, 1.807) is 24.3 Å². The average Bonchev–Trinajstić information content (AvgIpc) is 3.00. The maximum Gasteiger partial charge on any atom is 0.239 e. The third-order valence-corrected chi connectivity index (χ3v) is 4.94. The second-order valence-electron chi connectivity index (χ2n) is 6.86. The summed E-state index contributed by atoms with van der Waals surface area (Å²) in [6, 6.07) is 6.52. The predicted octanol–water partition coefficient (Wildman–Crippen LogP) is 1.77. The summed E-state index contributed by atoms with van der Waals surface area (Å²) in [7, 11) is 0. The molecule has 144 valence electrons. The number of likely N-dealkylation sites (N-methyl/N-ethyl adjacent to an activating group) is 1. The molecule has 0 aliphatic carbocycles. The maximum atomic E-state index is 12.8. The molecule has 0 radical (unpaired) electrons. The predicted molar refractivity (Wildman–Crippen MR) is 102 cm³/mol. The van der Waals surface area contributed by atoms with Gasteiger partial charge in [0, 0.05) is 25.7 Å². The number of carbonyl (C=O) groups is 2. The van der Waals surface area contributed by atoms with Crippen molar-refractivity contribution in [1.82, 2.24) is 15.1 Å². The van der Waals surface area contributed by atoms with Crippen LogP contribution in [-0.4, -0.2) is 65.0 Å². The first-order valence-corrected chi connectivity index (χ1v) is 9.58. The number of benzene rings is 1. The monoisotopic (exact) mass is 361 g/mol. The molecule has 0 aromatic heterocycles. The quantitative estimate of drug-likeness (QED) is 0.740. The van der Waals surface area contributed by atoms with Gasteiger partial charge in [-0.1, -0.05) is 19.1 Å². The molecule has 2 amide bonds. The standard InChI is InChI=1S/C20H31N3O3/c1-4-11-23-14-16(13-18(23)20(26)22(5-2)6-3)21-19(25)12-15-7-9-17(24)10-8-15/h7-10,16,18,24H,4-6,11-14H2,1-3H3,(H,21,25)/t16-,18+/m1/s1. The van der Waals surface area contributed by atoms with Gasteiger partial charge in [-0.3, -0.25) is 14.5 Å². The third kappa shape index (κ3) is 5.21. The summed E-state index contributed by atoms with van der Waals surface area (Å²) in [5.41, 5.74) is 0.861. The van der Waals surface area contributed by atoms with Crippen LogP contribution in [0, 0.1) is 0 Å². The highest BCUT2D eigenvalue weighted by Crippen LogP contribution is 2.21. The van der Waals surface area contributed by atoms with Gasteiger partial charge in [-0.05, 0) is 50.9 Å². The van der Waals surface area contributed by atoms with E-state index in [-0.39, 0.29) is 36.1 Å². The molecule has 1 aliphatic heterocycles. The van der Waals surface area contributed by atoms with Crippen LogP contribution in [0.3, 0.4) is 0 Å². The Labute approximate surface area is 156 Å². The highest BCUT2D eigenvalue weighted by Gasteiger charge is 2.38. The topological polar surface area (TPSA) is 72.9 Å². The second-order valence-corrected chi connectivity index (χ2v) is 6.86. The number of rotatable bonds is 8. The SMILES string of the molecule is CCCN1C[C@H](NC(=O)Cc2ccc(O)cc2)C[C@H]1C(=O)N(CC)CC. The highest BCUT2D eigenvalue weighted by molar-refractivity contribution is 5.83. The summed E-state index contributed by atoms with van der Waals surface area (Å²) >= 11 is 0. The summed E-state index contributed by atoms with van der Waals surface area (Å²) in [4.78, 5) is 29.2. The molecule has 2 N–H and O–H groups in total. The zero-order valence-corrected chi connectivity index (χ0v) is 16.1. The fraction of sp³-hybridized carbons (Fsp3) is 0.600. The van der Waals surface area contributed by atoms with Crippen molar-refractivity contribution < 1.29 is 14.7 Å². The smallest absolute Gasteiger partial charge is 0.239 e. The van der Waals surface area contributed by atoms with Crippen LogP contribution in [0.25, 0.3) is 0 Å². The van der Waals surface area contributed by atoms with Crippen LogP contribution >= 0.6 is 0 Å². The molecule has 1 heterocycles. The van der Waals surface area contributed by atoms with Crippen LogP contribution < -0.4 is 5.32 Å². The number of phenols is 1. The zero-order valence-electron chi connectivity index (χ0n) is 16.1. The normalized spacial score (nSPS) is 20.1. The van der Waals surface area contributed by atoms with Crippen LogP contribution in [0.2, 0.25) is 0 Å². The molecule has 1 saturated heterocycles. The van der Waals surface area contributed by atoms with Gasteiger partial charge in [0.2, 0.25) is 11.8 Å². The van der Waals surface area contributed by atoms with Crippen molar-refractivity contribution in [3.63, 3.8) is 0 Å². The Morgan fingerprint density at radius 1 is 1.19 bits per heavy atom. The van der Waals surface area contributed by atoms with E-state index in [4.69, 9.17) is 0 Å². The van der Waals surface area contributed by atoms with E-state index in [0.717, 1.165) is 18.5 Å². The largest absolute Gasteiger partial charge is 0.508 e. The molecule has 2 rings (SSSR count). The molecular weight excluding hydrogens is 330 g/mol. The molecule has 2 atom stereocenters. The van der Waals surface area contributed by atoms with Crippen LogP contribution in [-0.2, 0) is 16.0 Å². The van der Waals surface area contributed by atoms with Crippen LogP contribution in [0.5, 0.6) is 5.75 Å². The summed E-state index contributed by atoms with van der Waals surface area (Å²) in [5, 5.41) is 12.4. The minimum Gasteiger partial charge on any atom is -0.508 e. The number of hydrogen-bond acceptors (Lipinski definition) is 4. The van der Waals surface area contributed by atoms with Gasteiger partial charge in [0.05, 0.1) is 12.5 Å². The average molecular weight is 361 g/mol. The number of nitrogens with zero attached hydrogens (tertiary/aromatic N) is 2. The zero-order chi connectivity index (χ0) is 19.1. The van der Waals surface area contributed by atoms with E-state index in [2.05, 4.69) is 17.1 Å². The first-order chi connectivity index (χ1) is 12.5. The first kappa shape index (κ1) is 20.2. The molecule has 1 fully saturated rings. The Morgan fingerprint density at radius 3 is 2.42 bits per heavy atom. The van der Waals surface area contributed by atoms with Crippen molar-refractivity contribution in [2.45, 2.75) is 52.1 Å². The van der Waals surface area contributed by atoms with E-state index < -0.39 is 0 Å². The maximum absolute atomic E-state index is 12.8. The van der Waals surface area contributed by atoms with Gasteiger partial charge in [0.1, 0.15) is 5.75 Å². The van der Waals surface area contributed by atoms with E-state index in [0.29, 0.717) is 26.1 Å². The van der Waals surface area contributed by atoms with E-state index in [1.807, 2.05) is 18.7 Å². The molecule has 0 saturated carbocycles. The molecule has 0 unspecified atom stereocenters. The lowest BCUT2D eigenvalue weighted by Gasteiger charge is -2.28. The van der Waals surface area contributed by atoms with E-state index in [1.165, 1.54) is 0 Å². The van der Waals surface area contributed by atoms with Crippen molar-refractivity contribution in [1.29, 1.82) is 0 Å². The van der Waals surface area contributed by atoms with Crippen LogP contribution in [0.15, 0.2) is 24.3 Å².